The first-order valence-corrected chi connectivity index (χ1v) is 12.7. The number of nitrogens with zero attached hydrogens (tertiary/aromatic N) is 4. The number of halogens is 2. The van der Waals surface area contributed by atoms with Crippen LogP contribution >= 0.6 is 31.9 Å². The summed E-state index contributed by atoms with van der Waals surface area (Å²) in [4.78, 5) is 9.58. The van der Waals surface area contributed by atoms with Gasteiger partial charge in [0, 0.05) is 27.4 Å². The molecule has 0 saturated heterocycles. The van der Waals surface area contributed by atoms with Crippen LogP contribution in [0.1, 0.15) is 11.1 Å². The lowest BCUT2D eigenvalue weighted by atomic mass is 10.1. The molecule has 0 radical (unpaired) electrons. The zero-order chi connectivity index (χ0) is 24.9. The lowest BCUT2D eigenvalue weighted by Gasteiger charge is -2.07. The van der Waals surface area contributed by atoms with Crippen molar-refractivity contribution < 1.29 is 5.11 Å². The van der Waals surface area contributed by atoms with Gasteiger partial charge in [0.15, 0.2) is 0 Å². The molecule has 1 heterocycles. The van der Waals surface area contributed by atoms with Crippen molar-refractivity contribution in [3.8, 4) is 28.3 Å². The predicted octanol–water partition coefficient (Wildman–Crippen LogP) is 8.08. The van der Waals surface area contributed by atoms with Gasteiger partial charge in [0.25, 0.3) is 5.95 Å². The van der Waals surface area contributed by atoms with E-state index >= 15 is 0 Å². The third kappa shape index (κ3) is 5.22. The number of hydrogen-bond acceptors (Lipinski definition) is 4. The summed E-state index contributed by atoms with van der Waals surface area (Å²) >= 11 is 6.85. The van der Waals surface area contributed by atoms with Gasteiger partial charge in [0.05, 0.1) is 10.7 Å². The minimum atomic E-state index is 0.0967. The highest BCUT2D eigenvalue weighted by Crippen LogP contribution is 2.36. The van der Waals surface area contributed by atoms with Gasteiger partial charge < -0.3 is 5.11 Å². The molecule has 0 amide bonds. The van der Waals surface area contributed by atoms with Crippen molar-refractivity contribution >= 4 is 50.2 Å². The minimum Gasteiger partial charge on any atom is -0.506 e. The topological polar surface area (TPSA) is 62.8 Å². The number of phenolic OH excluding ortho intramolecular Hbond substituents is 1. The molecule has 36 heavy (non-hydrogen) atoms. The SMILES string of the molecule is Oc1c(Br)cc(Br)cc1/C=N/c1nc(-c2ccccc2)c(-c2ccccc2)n1/N=C/c1ccccc1. The van der Waals surface area contributed by atoms with E-state index in [1.807, 2.05) is 91.0 Å². The summed E-state index contributed by atoms with van der Waals surface area (Å²) in [6.45, 7) is 0. The van der Waals surface area contributed by atoms with Crippen LogP contribution in [0.25, 0.3) is 22.5 Å². The fourth-order valence-electron chi connectivity index (χ4n) is 3.72. The van der Waals surface area contributed by atoms with Crippen LogP contribution in [0.5, 0.6) is 5.75 Å². The van der Waals surface area contributed by atoms with E-state index < -0.39 is 0 Å². The average Bonchev–Trinajstić information content (AvgIpc) is 3.28. The van der Waals surface area contributed by atoms with Crippen molar-refractivity contribution in [2.75, 3.05) is 0 Å². The van der Waals surface area contributed by atoms with E-state index in [0.717, 1.165) is 32.6 Å². The normalized spacial score (nSPS) is 11.5. The fraction of sp³-hybridized carbons (Fsp3) is 0. The van der Waals surface area contributed by atoms with Crippen molar-refractivity contribution in [3.63, 3.8) is 0 Å². The fourth-order valence-corrected chi connectivity index (χ4v) is 4.98. The summed E-state index contributed by atoms with van der Waals surface area (Å²) in [7, 11) is 0. The highest BCUT2D eigenvalue weighted by atomic mass is 79.9. The maximum absolute atomic E-state index is 10.5. The van der Waals surface area contributed by atoms with Crippen LogP contribution in [0.4, 0.5) is 5.95 Å². The summed E-state index contributed by atoms with van der Waals surface area (Å²) in [6.07, 6.45) is 3.38. The molecule has 4 aromatic carbocycles. The molecule has 1 aromatic heterocycles. The Labute approximate surface area is 225 Å². The first-order valence-electron chi connectivity index (χ1n) is 11.2. The number of phenols is 1. The zero-order valence-electron chi connectivity index (χ0n) is 19.0. The largest absolute Gasteiger partial charge is 0.506 e. The number of benzene rings is 4. The number of rotatable bonds is 6. The molecular formula is C29H20Br2N4O. The van der Waals surface area contributed by atoms with E-state index in [-0.39, 0.29) is 5.75 Å². The molecule has 0 fully saturated rings. The molecule has 5 nitrogen and oxygen atoms in total. The third-order valence-electron chi connectivity index (χ3n) is 5.43. The molecular weight excluding hydrogens is 580 g/mol. The second-order valence-electron chi connectivity index (χ2n) is 7.89. The van der Waals surface area contributed by atoms with E-state index in [2.05, 4.69) is 36.9 Å². The molecule has 5 rings (SSSR count). The van der Waals surface area contributed by atoms with Gasteiger partial charge in [-0.3, -0.25) is 0 Å². The van der Waals surface area contributed by atoms with Crippen molar-refractivity contribution in [3.05, 3.63) is 123 Å². The van der Waals surface area contributed by atoms with Gasteiger partial charge in [-0.05, 0) is 33.6 Å². The predicted molar refractivity (Wildman–Crippen MR) is 153 cm³/mol. The molecule has 1 N–H and O–H groups in total. The molecule has 0 spiro atoms. The lowest BCUT2D eigenvalue weighted by Crippen LogP contribution is -1.95. The Kier molecular flexibility index (Phi) is 7.21. The Balaban J connectivity index is 1.72. The quantitative estimate of drug-likeness (QED) is 0.201. The smallest absolute Gasteiger partial charge is 0.251 e. The van der Waals surface area contributed by atoms with Crippen LogP contribution in [0.2, 0.25) is 0 Å². The van der Waals surface area contributed by atoms with Gasteiger partial charge in [-0.2, -0.15) is 9.78 Å². The summed E-state index contributed by atoms with van der Waals surface area (Å²) < 4.78 is 3.12. The number of aromatic nitrogens is 2. The van der Waals surface area contributed by atoms with Gasteiger partial charge in [-0.25, -0.2) is 9.98 Å². The van der Waals surface area contributed by atoms with Crippen LogP contribution in [-0.4, -0.2) is 27.2 Å². The maximum Gasteiger partial charge on any atom is 0.251 e. The molecule has 5 aromatic rings. The molecule has 0 atom stereocenters. The number of hydrogen-bond donors (Lipinski definition) is 1. The summed E-state index contributed by atoms with van der Waals surface area (Å²) in [5.41, 5.74) is 4.99. The highest BCUT2D eigenvalue weighted by Gasteiger charge is 2.20. The third-order valence-corrected chi connectivity index (χ3v) is 6.49. The Morgan fingerprint density at radius 3 is 2.03 bits per heavy atom. The molecule has 0 aliphatic heterocycles. The standard InChI is InChI=1S/C29H20Br2N4O/c30-24-16-23(28(36)25(31)17-24)19-32-29-34-26(21-12-6-2-7-13-21)27(22-14-8-3-9-15-22)35(29)33-18-20-10-4-1-5-11-20/h1-19,36H/b32-19+,33-18+. The monoisotopic (exact) mass is 598 g/mol. The Hall–Kier alpha value is -3.81. The molecule has 0 aliphatic carbocycles. The van der Waals surface area contributed by atoms with Gasteiger partial charge in [0.1, 0.15) is 17.1 Å². The number of aromatic hydroxyl groups is 1. The minimum absolute atomic E-state index is 0.0967. The van der Waals surface area contributed by atoms with Crippen LogP contribution < -0.4 is 0 Å². The molecule has 0 saturated carbocycles. The van der Waals surface area contributed by atoms with Crippen molar-refractivity contribution in [2.24, 2.45) is 10.1 Å². The van der Waals surface area contributed by atoms with Crippen molar-refractivity contribution in [1.82, 2.24) is 9.66 Å². The number of imidazole rings is 1. The Bertz CT molecular complexity index is 1550. The van der Waals surface area contributed by atoms with Crippen LogP contribution in [0, 0.1) is 0 Å². The first kappa shape index (κ1) is 23.9. The van der Waals surface area contributed by atoms with Gasteiger partial charge >= 0.3 is 0 Å². The first-order chi connectivity index (χ1) is 17.6. The molecule has 0 unspecified atom stereocenters. The van der Waals surface area contributed by atoms with Crippen molar-refractivity contribution in [1.29, 1.82) is 0 Å². The van der Waals surface area contributed by atoms with Crippen LogP contribution in [0.15, 0.2) is 122 Å². The van der Waals surface area contributed by atoms with E-state index in [4.69, 9.17) is 10.1 Å². The Morgan fingerprint density at radius 1 is 0.750 bits per heavy atom. The molecule has 176 valence electrons. The average molecular weight is 600 g/mol. The van der Waals surface area contributed by atoms with Crippen molar-refractivity contribution in [2.45, 2.75) is 0 Å². The highest BCUT2D eigenvalue weighted by molar-refractivity contribution is 9.11. The van der Waals surface area contributed by atoms with Crippen LogP contribution in [-0.2, 0) is 0 Å². The summed E-state index contributed by atoms with van der Waals surface area (Å²) in [6, 6.07) is 33.4. The van der Waals surface area contributed by atoms with Gasteiger partial charge in [-0.15, -0.1) is 0 Å². The van der Waals surface area contributed by atoms with E-state index in [1.54, 1.807) is 29.2 Å². The van der Waals surface area contributed by atoms with Gasteiger partial charge in [-0.1, -0.05) is 107 Å². The molecule has 0 bridgehead atoms. The second-order valence-corrected chi connectivity index (χ2v) is 9.66. The molecule has 0 aliphatic rings. The summed E-state index contributed by atoms with van der Waals surface area (Å²) in [5.74, 6) is 0.481. The lowest BCUT2D eigenvalue weighted by molar-refractivity contribution is 0.471. The van der Waals surface area contributed by atoms with Gasteiger partial charge in [0.2, 0.25) is 0 Å². The van der Waals surface area contributed by atoms with E-state index in [9.17, 15) is 5.11 Å². The molecule has 7 heteroatoms. The zero-order valence-corrected chi connectivity index (χ0v) is 22.1. The maximum atomic E-state index is 10.5. The Morgan fingerprint density at radius 2 is 1.36 bits per heavy atom. The number of aliphatic imine (C=N–C) groups is 1. The van der Waals surface area contributed by atoms with E-state index in [1.165, 1.54) is 0 Å². The summed E-state index contributed by atoms with van der Waals surface area (Å²) in [5, 5.41) is 15.3. The van der Waals surface area contributed by atoms with E-state index in [0.29, 0.717) is 16.0 Å². The second kappa shape index (κ2) is 10.8. The van der Waals surface area contributed by atoms with Crippen LogP contribution in [0.3, 0.4) is 0 Å².